The summed E-state index contributed by atoms with van der Waals surface area (Å²) in [6.07, 6.45) is 0. The molecule has 1 amide bonds. The van der Waals surface area contributed by atoms with Crippen LogP contribution in [0.25, 0.3) is 0 Å². The van der Waals surface area contributed by atoms with Gasteiger partial charge in [0.1, 0.15) is 18.9 Å². The van der Waals surface area contributed by atoms with Crippen LogP contribution in [0.1, 0.15) is 15.9 Å². The zero-order valence-electron chi connectivity index (χ0n) is 14.3. The van der Waals surface area contributed by atoms with E-state index in [1.807, 2.05) is 0 Å². The van der Waals surface area contributed by atoms with Gasteiger partial charge in [0, 0.05) is 11.3 Å². The first kappa shape index (κ1) is 19.9. The molecule has 2 aromatic carbocycles. The Balaban J connectivity index is 2.38. The van der Waals surface area contributed by atoms with Crippen molar-refractivity contribution in [1.29, 1.82) is 10.5 Å². The predicted molar refractivity (Wildman–Crippen MR) is 95.5 cm³/mol. The molecule has 0 unspecified atom stereocenters. The molecule has 1 N–H and O–H groups in total. The molecule has 0 saturated heterocycles. The second-order valence-electron chi connectivity index (χ2n) is 5.57. The number of amides is 1. The van der Waals surface area contributed by atoms with Gasteiger partial charge in [-0.15, -0.1) is 0 Å². The maximum atomic E-state index is 13.0. The number of carbonyl (C=O) groups excluding carboxylic acids is 1. The Morgan fingerprint density at radius 3 is 2.26 bits per heavy atom. The molecule has 0 spiro atoms. The van der Waals surface area contributed by atoms with Crippen LogP contribution in [0, 0.1) is 35.4 Å². The number of nitrogens with zero attached hydrogens (tertiary/aromatic N) is 3. The maximum Gasteiger partial charge on any atom is 0.261 e. The smallest absolute Gasteiger partial charge is 0.261 e. The van der Waals surface area contributed by atoms with Gasteiger partial charge < -0.3 is 4.90 Å². The highest BCUT2D eigenvalue weighted by Crippen LogP contribution is 2.20. The zero-order valence-corrected chi connectivity index (χ0v) is 15.1. The molecule has 0 aliphatic rings. The molecule has 0 saturated carbocycles. The topological polar surface area (TPSA) is 114 Å². The van der Waals surface area contributed by atoms with Crippen molar-refractivity contribution in [3.63, 3.8) is 0 Å². The third-order valence-electron chi connectivity index (χ3n) is 3.66. The highest BCUT2D eigenvalue weighted by atomic mass is 32.2. The van der Waals surface area contributed by atoms with Gasteiger partial charge >= 0.3 is 0 Å². The van der Waals surface area contributed by atoms with Crippen LogP contribution in [-0.4, -0.2) is 32.3 Å². The van der Waals surface area contributed by atoms with E-state index < -0.39 is 21.7 Å². The Labute approximate surface area is 156 Å². The minimum atomic E-state index is -4.02. The van der Waals surface area contributed by atoms with Crippen molar-refractivity contribution in [2.24, 2.45) is 0 Å². The van der Waals surface area contributed by atoms with E-state index in [4.69, 9.17) is 10.5 Å². The van der Waals surface area contributed by atoms with E-state index in [1.54, 1.807) is 19.1 Å². The molecule has 138 valence electrons. The Hall–Kier alpha value is -3.43. The summed E-state index contributed by atoms with van der Waals surface area (Å²) >= 11 is 0. The average molecular weight is 386 g/mol. The molecule has 0 heterocycles. The number of hydrogen-bond acceptors (Lipinski definition) is 5. The second-order valence-corrected chi connectivity index (χ2v) is 7.25. The Kier molecular flexibility index (Phi) is 6.11. The Morgan fingerprint density at radius 2 is 1.70 bits per heavy atom. The maximum absolute atomic E-state index is 13.0. The lowest BCUT2D eigenvalue weighted by molar-refractivity contribution is 0.0793. The molecule has 0 radical (unpaired) electrons. The molecule has 27 heavy (non-hydrogen) atoms. The number of aryl methyl sites for hydroxylation is 1. The first-order chi connectivity index (χ1) is 12.8. The molecule has 0 atom stereocenters. The van der Waals surface area contributed by atoms with Crippen LogP contribution in [0.5, 0.6) is 0 Å². The molecule has 2 aromatic rings. The minimum absolute atomic E-state index is 0.0717. The van der Waals surface area contributed by atoms with E-state index in [-0.39, 0.29) is 29.2 Å². The van der Waals surface area contributed by atoms with E-state index in [0.29, 0.717) is 5.56 Å². The zero-order chi connectivity index (χ0) is 20.0. The normalized spacial score (nSPS) is 10.5. The van der Waals surface area contributed by atoms with Gasteiger partial charge in [0.15, 0.2) is 0 Å². The standard InChI is InChI=1S/C18H15FN4O3S/c1-13-2-7-16(12-17(13)18(24)23(10-8-20)11-9-21)27(25,26)22-15-5-3-14(19)4-6-15/h2-7,12,22H,10-11H2,1H3. The number of hydrogen-bond donors (Lipinski definition) is 1. The van der Waals surface area contributed by atoms with Crippen molar-refractivity contribution in [3.8, 4) is 12.1 Å². The van der Waals surface area contributed by atoms with Crippen LogP contribution < -0.4 is 4.72 Å². The molecular formula is C18H15FN4O3S. The number of sulfonamides is 1. The lowest BCUT2D eigenvalue weighted by atomic mass is 10.1. The fourth-order valence-corrected chi connectivity index (χ4v) is 3.36. The Bertz CT molecular complexity index is 1020. The van der Waals surface area contributed by atoms with Gasteiger partial charge in [0.2, 0.25) is 0 Å². The first-order valence-electron chi connectivity index (χ1n) is 7.70. The number of carbonyl (C=O) groups is 1. The van der Waals surface area contributed by atoms with Crippen LogP contribution in [0.3, 0.4) is 0 Å². The van der Waals surface area contributed by atoms with Gasteiger partial charge in [0.05, 0.1) is 17.0 Å². The first-order valence-corrected chi connectivity index (χ1v) is 9.19. The fraction of sp³-hybridized carbons (Fsp3) is 0.167. The summed E-state index contributed by atoms with van der Waals surface area (Å²) in [5, 5.41) is 17.6. The van der Waals surface area contributed by atoms with E-state index >= 15 is 0 Å². The van der Waals surface area contributed by atoms with E-state index in [1.165, 1.54) is 30.3 Å². The van der Waals surface area contributed by atoms with Gasteiger partial charge in [-0.25, -0.2) is 12.8 Å². The summed E-state index contributed by atoms with van der Waals surface area (Å²) in [4.78, 5) is 13.4. The number of nitrogens with one attached hydrogen (secondary N) is 1. The van der Waals surface area contributed by atoms with Crippen molar-refractivity contribution in [2.75, 3.05) is 17.8 Å². The molecular weight excluding hydrogens is 371 g/mol. The summed E-state index contributed by atoms with van der Waals surface area (Å²) in [6, 6.07) is 12.3. The third kappa shape index (κ3) is 4.81. The van der Waals surface area contributed by atoms with E-state index in [2.05, 4.69) is 4.72 Å². The highest BCUT2D eigenvalue weighted by Gasteiger charge is 2.21. The average Bonchev–Trinajstić information content (AvgIpc) is 2.63. The quantitative estimate of drug-likeness (QED) is 0.766. The van der Waals surface area contributed by atoms with Crippen molar-refractivity contribution in [1.82, 2.24) is 4.90 Å². The van der Waals surface area contributed by atoms with Crippen LogP contribution >= 0.6 is 0 Å². The van der Waals surface area contributed by atoms with Gasteiger partial charge in [-0.05, 0) is 48.9 Å². The number of nitriles is 2. The SMILES string of the molecule is Cc1ccc(S(=O)(=O)Nc2ccc(F)cc2)cc1C(=O)N(CC#N)CC#N. The molecule has 7 nitrogen and oxygen atoms in total. The van der Waals surface area contributed by atoms with Crippen LogP contribution in [0.15, 0.2) is 47.4 Å². The van der Waals surface area contributed by atoms with Gasteiger partial charge in [-0.2, -0.15) is 10.5 Å². The number of halogens is 1. The summed E-state index contributed by atoms with van der Waals surface area (Å²) < 4.78 is 40.4. The number of rotatable bonds is 6. The van der Waals surface area contributed by atoms with Crippen molar-refractivity contribution in [2.45, 2.75) is 11.8 Å². The van der Waals surface area contributed by atoms with Gasteiger partial charge in [-0.1, -0.05) is 6.07 Å². The number of anilines is 1. The minimum Gasteiger partial charge on any atom is -0.312 e. The van der Waals surface area contributed by atoms with Gasteiger partial charge in [0.25, 0.3) is 15.9 Å². The van der Waals surface area contributed by atoms with Crippen molar-refractivity contribution >= 4 is 21.6 Å². The highest BCUT2D eigenvalue weighted by molar-refractivity contribution is 7.92. The summed E-state index contributed by atoms with van der Waals surface area (Å²) in [5.74, 6) is -1.12. The van der Waals surface area contributed by atoms with Crippen LogP contribution in [-0.2, 0) is 10.0 Å². The molecule has 0 aromatic heterocycles. The summed E-state index contributed by atoms with van der Waals surface area (Å²) in [5.41, 5.74) is 0.740. The summed E-state index contributed by atoms with van der Waals surface area (Å²) in [7, 11) is -4.02. The van der Waals surface area contributed by atoms with E-state index in [9.17, 15) is 17.6 Å². The van der Waals surface area contributed by atoms with Crippen molar-refractivity contribution in [3.05, 3.63) is 59.4 Å². The third-order valence-corrected chi connectivity index (χ3v) is 5.04. The lowest BCUT2D eigenvalue weighted by Gasteiger charge is -2.18. The molecule has 0 bridgehead atoms. The lowest BCUT2D eigenvalue weighted by Crippen LogP contribution is -2.32. The molecule has 0 aliphatic carbocycles. The van der Waals surface area contributed by atoms with Crippen molar-refractivity contribution < 1.29 is 17.6 Å². The largest absolute Gasteiger partial charge is 0.312 e. The molecule has 0 aliphatic heterocycles. The monoisotopic (exact) mass is 386 g/mol. The van der Waals surface area contributed by atoms with Crippen LogP contribution in [0.2, 0.25) is 0 Å². The second kappa shape index (κ2) is 8.30. The predicted octanol–water partition coefficient (Wildman–Crippen LogP) is 2.42. The number of benzene rings is 2. The van der Waals surface area contributed by atoms with Crippen LogP contribution in [0.4, 0.5) is 10.1 Å². The van der Waals surface area contributed by atoms with E-state index in [0.717, 1.165) is 17.0 Å². The van der Waals surface area contributed by atoms with Gasteiger partial charge in [-0.3, -0.25) is 9.52 Å². The molecule has 9 heteroatoms. The summed E-state index contributed by atoms with van der Waals surface area (Å²) in [6.45, 7) is 1.03. The molecule has 2 rings (SSSR count). The Morgan fingerprint density at radius 1 is 1.11 bits per heavy atom. The molecule has 0 fully saturated rings. The fourth-order valence-electron chi connectivity index (χ4n) is 2.27.